The molecule has 1 aliphatic rings. The molecule has 1 fully saturated rings. The highest BCUT2D eigenvalue weighted by Crippen LogP contribution is 2.38. The fourth-order valence-corrected chi connectivity index (χ4v) is 2.88. The van der Waals surface area contributed by atoms with Gasteiger partial charge in [-0.25, -0.2) is 4.98 Å². The number of aryl methyl sites for hydroxylation is 1. The van der Waals surface area contributed by atoms with Crippen LogP contribution in [0.1, 0.15) is 40.6 Å². The van der Waals surface area contributed by atoms with Crippen LogP contribution in [0.2, 0.25) is 0 Å². The van der Waals surface area contributed by atoms with Crippen molar-refractivity contribution in [3.63, 3.8) is 0 Å². The van der Waals surface area contributed by atoms with Crippen molar-refractivity contribution in [3.8, 4) is 5.88 Å². The highest BCUT2D eigenvalue weighted by atomic mass is 16.5. The number of amides is 1. The van der Waals surface area contributed by atoms with E-state index in [-0.39, 0.29) is 5.91 Å². The van der Waals surface area contributed by atoms with Crippen molar-refractivity contribution in [2.24, 2.45) is 0 Å². The van der Waals surface area contributed by atoms with Crippen LogP contribution in [0, 0.1) is 13.8 Å². The normalized spacial score (nSPS) is 14.0. The predicted octanol–water partition coefficient (Wildman–Crippen LogP) is 3.12. The monoisotopic (exact) mass is 299 g/mol. The van der Waals surface area contributed by atoms with E-state index in [2.05, 4.69) is 16.5 Å². The fourth-order valence-electron chi connectivity index (χ4n) is 2.88. The molecule has 0 atom stereocenters. The summed E-state index contributed by atoms with van der Waals surface area (Å²) in [6.45, 7) is 4.09. The lowest BCUT2D eigenvalue weighted by atomic mass is 10.2. The molecule has 0 N–H and O–H groups in total. The van der Waals surface area contributed by atoms with Crippen molar-refractivity contribution in [2.75, 3.05) is 19.1 Å². The summed E-state index contributed by atoms with van der Waals surface area (Å²) in [5, 5.41) is 0. The number of nitrogens with zero attached hydrogens (tertiary/aromatic N) is 3. The summed E-state index contributed by atoms with van der Waals surface area (Å²) in [6.07, 6.45) is 4.07. The number of methoxy groups -OCH3 is 1. The lowest BCUT2D eigenvalue weighted by Crippen LogP contribution is -2.26. The standard InChI is InChI=1S/C17H21N3O2/c1-11-9-15(12(2)20(11)13-5-6-13)17(21)19(3)14-7-8-16(22-4)18-10-14/h7-10,13H,5-6H2,1-4H3. The summed E-state index contributed by atoms with van der Waals surface area (Å²) in [5.74, 6) is 0.531. The van der Waals surface area contributed by atoms with Gasteiger partial charge in [0.05, 0.1) is 24.6 Å². The van der Waals surface area contributed by atoms with Crippen molar-refractivity contribution >= 4 is 11.6 Å². The number of carbonyl (C=O) groups excluding carboxylic acids is 1. The Morgan fingerprint density at radius 2 is 2.09 bits per heavy atom. The van der Waals surface area contributed by atoms with Crippen molar-refractivity contribution in [1.82, 2.24) is 9.55 Å². The summed E-state index contributed by atoms with van der Waals surface area (Å²) in [5.41, 5.74) is 3.73. The smallest absolute Gasteiger partial charge is 0.259 e. The summed E-state index contributed by atoms with van der Waals surface area (Å²) in [4.78, 5) is 18.6. The van der Waals surface area contributed by atoms with E-state index in [1.807, 2.05) is 19.1 Å². The molecule has 3 rings (SSSR count). The third-order valence-electron chi connectivity index (χ3n) is 4.25. The van der Waals surface area contributed by atoms with Gasteiger partial charge in [0.1, 0.15) is 0 Å². The van der Waals surface area contributed by atoms with Crippen LogP contribution in [0.15, 0.2) is 24.4 Å². The maximum absolute atomic E-state index is 12.8. The van der Waals surface area contributed by atoms with Gasteiger partial charge in [0, 0.05) is 30.5 Å². The topological polar surface area (TPSA) is 47.4 Å². The van der Waals surface area contributed by atoms with Crippen LogP contribution in [-0.4, -0.2) is 29.6 Å². The Morgan fingerprint density at radius 3 is 2.64 bits per heavy atom. The number of rotatable bonds is 4. The van der Waals surface area contributed by atoms with E-state index in [1.54, 1.807) is 31.3 Å². The van der Waals surface area contributed by atoms with Gasteiger partial charge in [-0.2, -0.15) is 0 Å². The van der Waals surface area contributed by atoms with E-state index in [4.69, 9.17) is 4.74 Å². The molecule has 0 aliphatic heterocycles. The second-order valence-electron chi connectivity index (χ2n) is 5.81. The molecule has 0 unspecified atom stereocenters. The van der Waals surface area contributed by atoms with Crippen LogP contribution in [0.3, 0.4) is 0 Å². The van der Waals surface area contributed by atoms with Crippen LogP contribution >= 0.6 is 0 Å². The average Bonchev–Trinajstić information content (AvgIpc) is 3.31. The molecule has 22 heavy (non-hydrogen) atoms. The molecule has 0 aromatic carbocycles. The third kappa shape index (κ3) is 2.47. The summed E-state index contributed by atoms with van der Waals surface area (Å²) in [6, 6.07) is 6.16. The van der Waals surface area contributed by atoms with Crippen molar-refractivity contribution in [2.45, 2.75) is 32.7 Å². The van der Waals surface area contributed by atoms with Gasteiger partial charge in [-0.15, -0.1) is 0 Å². The van der Waals surface area contributed by atoms with Gasteiger partial charge >= 0.3 is 0 Å². The van der Waals surface area contributed by atoms with Gasteiger partial charge in [0.2, 0.25) is 5.88 Å². The lowest BCUT2D eigenvalue weighted by molar-refractivity contribution is 0.0992. The minimum Gasteiger partial charge on any atom is -0.481 e. The Balaban J connectivity index is 1.88. The summed E-state index contributed by atoms with van der Waals surface area (Å²) < 4.78 is 7.33. The Labute approximate surface area is 130 Å². The van der Waals surface area contributed by atoms with Crippen molar-refractivity contribution in [1.29, 1.82) is 0 Å². The molecule has 116 valence electrons. The van der Waals surface area contributed by atoms with E-state index in [0.717, 1.165) is 22.6 Å². The van der Waals surface area contributed by atoms with Crippen LogP contribution in [0.4, 0.5) is 5.69 Å². The Kier molecular flexibility index (Phi) is 3.64. The second-order valence-corrected chi connectivity index (χ2v) is 5.81. The van der Waals surface area contributed by atoms with Crippen LogP contribution in [0.25, 0.3) is 0 Å². The van der Waals surface area contributed by atoms with Gasteiger partial charge < -0.3 is 14.2 Å². The average molecular weight is 299 g/mol. The van der Waals surface area contributed by atoms with Gasteiger partial charge in [-0.3, -0.25) is 4.79 Å². The minimum atomic E-state index is -0.00744. The number of hydrogen-bond donors (Lipinski definition) is 0. The maximum Gasteiger partial charge on any atom is 0.259 e. The number of anilines is 1. The molecule has 0 spiro atoms. The molecule has 1 saturated carbocycles. The third-order valence-corrected chi connectivity index (χ3v) is 4.25. The van der Waals surface area contributed by atoms with Gasteiger partial charge in [0.25, 0.3) is 5.91 Å². The molecule has 5 heteroatoms. The number of ether oxygens (including phenoxy) is 1. The van der Waals surface area contributed by atoms with E-state index in [9.17, 15) is 4.79 Å². The minimum absolute atomic E-state index is 0.00744. The molecule has 0 bridgehead atoms. The zero-order valence-electron chi connectivity index (χ0n) is 13.5. The zero-order chi connectivity index (χ0) is 15.9. The first kappa shape index (κ1) is 14.6. The Morgan fingerprint density at radius 1 is 1.36 bits per heavy atom. The molecule has 2 aromatic rings. The molecule has 2 aromatic heterocycles. The molecule has 0 saturated heterocycles. The molecule has 1 aliphatic carbocycles. The van der Waals surface area contributed by atoms with Gasteiger partial charge in [-0.1, -0.05) is 0 Å². The molecule has 5 nitrogen and oxygen atoms in total. The first-order valence-corrected chi connectivity index (χ1v) is 7.49. The molecule has 1 amide bonds. The molecule has 2 heterocycles. The van der Waals surface area contributed by atoms with Gasteiger partial charge in [0.15, 0.2) is 0 Å². The van der Waals surface area contributed by atoms with Crippen molar-refractivity contribution < 1.29 is 9.53 Å². The van der Waals surface area contributed by atoms with Gasteiger partial charge in [-0.05, 0) is 38.8 Å². The number of aromatic nitrogens is 2. The quantitative estimate of drug-likeness (QED) is 0.871. The number of carbonyl (C=O) groups is 1. The van der Waals surface area contributed by atoms with Crippen molar-refractivity contribution in [3.05, 3.63) is 41.3 Å². The highest BCUT2D eigenvalue weighted by Gasteiger charge is 2.29. The van der Waals surface area contributed by atoms with Crippen LogP contribution in [-0.2, 0) is 0 Å². The molecule has 0 radical (unpaired) electrons. The second kappa shape index (κ2) is 5.48. The lowest BCUT2D eigenvalue weighted by Gasteiger charge is -2.17. The van der Waals surface area contributed by atoms with Crippen LogP contribution < -0.4 is 9.64 Å². The number of pyridine rings is 1. The highest BCUT2D eigenvalue weighted by molar-refractivity contribution is 6.06. The number of hydrogen-bond acceptors (Lipinski definition) is 3. The Bertz CT molecular complexity index is 699. The fraction of sp³-hybridized carbons (Fsp3) is 0.412. The van der Waals surface area contributed by atoms with Crippen LogP contribution in [0.5, 0.6) is 5.88 Å². The van der Waals surface area contributed by atoms with E-state index >= 15 is 0 Å². The zero-order valence-corrected chi connectivity index (χ0v) is 13.5. The Hall–Kier alpha value is -2.30. The predicted molar refractivity (Wildman–Crippen MR) is 85.7 cm³/mol. The van der Waals surface area contributed by atoms with E-state index < -0.39 is 0 Å². The summed E-state index contributed by atoms with van der Waals surface area (Å²) >= 11 is 0. The first-order valence-electron chi connectivity index (χ1n) is 7.49. The SMILES string of the molecule is COc1ccc(N(C)C(=O)c2cc(C)n(C3CC3)c2C)cn1. The molecular weight excluding hydrogens is 278 g/mol. The molecular formula is C17H21N3O2. The summed E-state index contributed by atoms with van der Waals surface area (Å²) in [7, 11) is 3.35. The maximum atomic E-state index is 12.8. The largest absolute Gasteiger partial charge is 0.481 e. The van der Waals surface area contributed by atoms with E-state index in [1.165, 1.54) is 12.8 Å². The van der Waals surface area contributed by atoms with E-state index in [0.29, 0.717) is 11.9 Å². The first-order chi connectivity index (χ1) is 10.5.